The number of pyridine rings is 1. The Balaban J connectivity index is 1.07. The van der Waals surface area contributed by atoms with Crippen molar-refractivity contribution in [1.82, 2.24) is 25.2 Å². The van der Waals surface area contributed by atoms with Crippen LogP contribution < -0.4 is 31.4 Å². The Morgan fingerprint density at radius 2 is 1.47 bits per heavy atom. The summed E-state index contributed by atoms with van der Waals surface area (Å²) in [4.78, 5) is 57.2. The van der Waals surface area contributed by atoms with Crippen LogP contribution >= 0.6 is 21.6 Å². The average molecular weight is 842 g/mol. The SMILES string of the molecule is COc1ccc(C(OC[C@H]2O[C@@H](n3cc(CCC(=O)NCCNC(=O)CCSSc4ccccn4)c(=O)[nH]c3=O)C[C@@H]2O)(c2ccccc2)c2ccc(OC)cc2)cc1. The van der Waals surface area contributed by atoms with E-state index in [0.717, 1.165) is 21.7 Å². The quantitative estimate of drug-likeness (QED) is 0.0487. The summed E-state index contributed by atoms with van der Waals surface area (Å²) < 4.78 is 25.3. The molecule has 0 saturated carbocycles. The number of carbonyl (C=O) groups is 2. The molecule has 4 N–H and O–H groups in total. The first-order valence-corrected chi connectivity index (χ1v) is 21.4. The van der Waals surface area contributed by atoms with E-state index in [1.807, 2.05) is 97.1 Å². The normalized spacial score (nSPS) is 16.4. The second-order valence-electron chi connectivity index (χ2n) is 13.6. The molecule has 3 atom stereocenters. The minimum absolute atomic E-state index is 0.0283. The van der Waals surface area contributed by atoms with Gasteiger partial charge in [-0.15, -0.1) is 0 Å². The maximum atomic E-state index is 13.1. The summed E-state index contributed by atoms with van der Waals surface area (Å²) in [5.74, 6) is 1.51. The minimum Gasteiger partial charge on any atom is -0.497 e. The molecule has 0 unspecified atom stereocenters. The third-order valence-electron chi connectivity index (χ3n) is 9.78. The second kappa shape index (κ2) is 21.0. The first kappa shape index (κ1) is 43.2. The van der Waals surface area contributed by atoms with Gasteiger partial charge in [0, 0.05) is 56.1 Å². The molecule has 2 aromatic heterocycles. The van der Waals surface area contributed by atoms with Crippen LogP contribution in [0.1, 0.15) is 47.7 Å². The Labute approximate surface area is 349 Å². The molecule has 59 heavy (non-hydrogen) atoms. The number of nitrogens with zero attached hydrogens (tertiary/aromatic N) is 2. The standard InChI is InChI=1S/C43H47N5O9S2/c1-54-33-16-12-31(13-17-33)43(30-8-4-3-5-9-30,32-14-18-34(55-2)19-15-32)56-28-36-35(49)26-40(57-36)48-27-29(41(52)47-42(48)53)11-20-37(50)44-23-24-45-38(51)21-25-58-59-39-10-6-7-22-46-39/h3-10,12-19,22,27,35-36,40,49H,11,20-21,23-26,28H2,1-2H3,(H,44,50)(H,45,51)(H,47,52,53)/t35-,36+,40+/m0/s1. The monoisotopic (exact) mass is 841 g/mol. The lowest BCUT2D eigenvalue weighted by molar-refractivity contribution is -0.122. The molecule has 0 spiro atoms. The number of carbonyl (C=O) groups excluding carboxylic acids is 2. The van der Waals surface area contributed by atoms with Crippen LogP contribution in [0, 0.1) is 0 Å². The summed E-state index contributed by atoms with van der Waals surface area (Å²) in [5, 5.41) is 17.7. The van der Waals surface area contributed by atoms with Gasteiger partial charge in [0.25, 0.3) is 5.56 Å². The smallest absolute Gasteiger partial charge is 0.330 e. The fraction of sp³-hybridized carbons (Fsp3) is 0.326. The molecule has 0 radical (unpaired) electrons. The molecule has 2 amide bonds. The van der Waals surface area contributed by atoms with Crippen molar-refractivity contribution in [2.75, 3.05) is 39.7 Å². The lowest BCUT2D eigenvalue weighted by Crippen LogP contribution is -2.38. The molecule has 1 fully saturated rings. The van der Waals surface area contributed by atoms with E-state index in [1.54, 1.807) is 20.4 Å². The molecule has 1 aliphatic heterocycles. The van der Waals surface area contributed by atoms with Gasteiger partial charge in [0.15, 0.2) is 0 Å². The third-order valence-corrected chi connectivity index (χ3v) is 12.0. The highest BCUT2D eigenvalue weighted by Crippen LogP contribution is 2.42. The van der Waals surface area contributed by atoms with Gasteiger partial charge in [0.05, 0.1) is 26.9 Å². The Hall–Kier alpha value is -5.39. The topological polar surface area (TPSA) is 183 Å². The molecule has 3 aromatic carbocycles. The maximum absolute atomic E-state index is 13.1. The lowest BCUT2D eigenvalue weighted by atomic mass is 9.80. The number of aromatic amines is 1. The number of aliphatic hydroxyl groups excluding tert-OH is 1. The van der Waals surface area contributed by atoms with Crippen LogP contribution in [0.3, 0.4) is 0 Å². The molecule has 14 nitrogen and oxygen atoms in total. The van der Waals surface area contributed by atoms with Crippen molar-refractivity contribution in [3.63, 3.8) is 0 Å². The van der Waals surface area contributed by atoms with Gasteiger partial charge < -0.3 is 34.7 Å². The first-order valence-electron chi connectivity index (χ1n) is 19.1. The van der Waals surface area contributed by atoms with Gasteiger partial charge in [-0.25, -0.2) is 9.78 Å². The van der Waals surface area contributed by atoms with Gasteiger partial charge in [0.2, 0.25) is 11.8 Å². The van der Waals surface area contributed by atoms with Crippen LogP contribution in [0.2, 0.25) is 0 Å². The highest BCUT2D eigenvalue weighted by Gasteiger charge is 2.42. The summed E-state index contributed by atoms with van der Waals surface area (Å²) in [7, 11) is 6.24. The summed E-state index contributed by atoms with van der Waals surface area (Å²) in [5.41, 5.74) is 0.155. The predicted molar refractivity (Wildman–Crippen MR) is 226 cm³/mol. The van der Waals surface area contributed by atoms with E-state index in [2.05, 4.69) is 20.6 Å². The van der Waals surface area contributed by atoms with Gasteiger partial charge >= 0.3 is 5.69 Å². The number of ether oxygens (including phenoxy) is 4. The summed E-state index contributed by atoms with van der Waals surface area (Å²) in [6.07, 6.45) is 0.711. The number of hydrogen-bond acceptors (Lipinski definition) is 12. The number of nitrogens with one attached hydrogen (secondary N) is 3. The summed E-state index contributed by atoms with van der Waals surface area (Å²) >= 11 is 0. The maximum Gasteiger partial charge on any atom is 0.330 e. The fourth-order valence-corrected chi connectivity index (χ4v) is 8.57. The van der Waals surface area contributed by atoms with Gasteiger partial charge in [-0.1, -0.05) is 71.5 Å². The zero-order valence-electron chi connectivity index (χ0n) is 32.7. The molecule has 0 bridgehead atoms. The Morgan fingerprint density at radius 1 is 0.864 bits per heavy atom. The van der Waals surface area contributed by atoms with E-state index in [-0.39, 0.29) is 56.3 Å². The molecule has 6 rings (SSSR count). The number of aromatic nitrogens is 3. The molecule has 0 aliphatic carbocycles. The highest BCUT2D eigenvalue weighted by molar-refractivity contribution is 8.76. The molecular weight excluding hydrogens is 795 g/mol. The molecule has 1 aliphatic rings. The average Bonchev–Trinajstić information content (AvgIpc) is 3.64. The molecular formula is C43H47N5O9S2. The van der Waals surface area contributed by atoms with Crippen LogP contribution in [0.4, 0.5) is 0 Å². The number of methoxy groups -OCH3 is 2. The zero-order chi connectivity index (χ0) is 41.6. The molecule has 310 valence electrons. The summed E-state index contributed by atoms with van der Waals surface area (Å²) in [6, 6.07) is 30.5. The van der Waals surface area contributed by atoms with E-state index in [0.29, 0.717) is 23.7 Å². The molecule has 1 saturated heterocycles. The van der Waals surface area contributed by atoms with Gasteiger partial charge in [-0.3, -0.25) is 23.9 Å². The minimum atomic E-state index is -1.16. The predicted octanol–water partition coefficient (Wildman–Crippen LogP) is 4.60. The van der Waals surface area contributed by atoms with E-state index in [1.165, 1.54) is 32.4 Å². The van der Waals surface area contributed by atoms with E-state index in [4.69, 9.17) is 18.9 Å². The van der Waals surface area contributed by atoms with Crippen molar-refractivity contribution in [2.24, 2.45) is 0 Å². The summed E-state index contributed by atoms with van der Waals surface area (Å²) in [6.45, 7) is 0.406. The molecule has 3 heterocycles. The fourth-order valence-electron chi connectivity index (χ4n) is 6.70. The van der Waals surface area contributed by atoms with Crippen molar-refractivity contribution >= 4 is 33.4 Å². The zero-order valence-corrected chi connectivity index (χ0v) is 34.3. The number of aryl methyl sites for hydroxylation is 1. The Bertz CT molecular complexity index is 2190. The number of H-pyrrole nitrogens is 1. The van der Waals surface area contributed by atoms with Crippen molar-refractivity contribution in [3.05, 3.63) is 153 Å². The number of benzene rings is 3. The van der Waals surface area contributed by atoms with Crippen molar-refractivity contribution in [3.8, 4) is 11.5 Å². The Kier molecular flexibility index (Phi) is 15.4. The Morgan fingerprint density at radius 3 is 2.08 bits per heavy atom. The number of rotatable bonds is 20. The second-order valence-corrected chi connectivity index (χ2v) is 16.0. The van der Waals surface area contributed by atoms with Crippen LogP contribution in [-0.2, 0) is 31.1 Å². The lowest BCUT2D eigenvalue weighted by Gasteiger charge is -2.37. The van der Waals surface area contributed by atoms with Gasteiger partial charge in [-0.2, -0.15) is 0 Å². The largest absolute Gasteiger partial charge is 0.497 e. The van der Waals surface area contributed by atoms with E-state index < -0.39 is 35.3 Å². The number of amides is 2. The van der Waals surface area contributed by atoms with Crippen molar-refractivity contribution < 1.29 is 33.6 Å². The number of hydrogen-bond donors (Lipinski definition) is 4. The van der Waals surface area contributed by atoms with E-state index in [9.17, 15) is 24.3 Å². The van der Waals surface area contributed by atoms with Crippen LogP contribution in [0.5, 0.6) is 11.5 Å². The number of aliphatic hydroxyl groups is 1. The van der Waals surface area contributed by atoms with Crippen molar-refractivity contribution in [1.29, 1.82) is 0 Å². The van der Waals surface area contributed by atoms with Crippen LogP contribution in [-0.4, -0.2) is 83.3 Å². The third kappa shape index (κ3) is 11.2. The van der Waals surface area contributed by atoms with Crippen molar-refractivity contribution in [2.45, 2.75) is 54.7 Å². The van der Waals surface area contributed by atoms with Gasteiger partial charge in [0.1, 0.15) is 34.5 Å². The van der Waals surface area contributed by atoms with Crippen LogP contribution in [0.15, 0.2) is 124 Å². The molecule has 5 aromatic rings. The van der Waals surface area contributed by atoms with Crippen LogP contribution in [0.25, 0.3) is 0 Å². The van der Waals surface area contributed by atoms with Gasteiger partial charge in [-0.05, 0) is 70.3 Å². The first-order chi connectivity index (χ1) is 28.7. The molecule has 16 heteroatoms. The highest BCUT2D eigenvalue weighted by atomic mass is 33.1. The van der Waals surface area contributed by atoms with E-state index >= 15 is 0 Å².